The second kappa shape index (κ2) is 6.89. The molecule has 0 aliphatic carbocycles. The summed E-state index contributed by atoms with van der Waals surface area (Å²) in [5.41, 5.74) is 1.24. The lowest BCUT2D eigenvalue weighted by Crippen LogP contribution is -2.28. The highest BCUT2D eigenvalue weighted by Gasteiger charge is 2.22. The summed E-state index contributed by atoms with van der Waals surface area (Å²) >= 11 is 0. The lowest BCUT2D eigenvalue weighted by Gasteiger charge is -2.16. The number of carbonyl (C=O) groups is 1. The standard InChI is InChI=1S/C16H18N2O4S/c1-3-12-6-7-13(16(19)20)9-15(12)23(21,22)18-11(2)14-5-4-8-17-10-14/h4-11,18H,3H2,1-2H3,(H,19,20)/t11-/m0/s1. The van der Waals surface area contributed by atoms with Gasteiger partial charge in [0, 0.05) is 18.4 Å². The first-order chi connectivity index (χ1) is 10.8. The number of pyridine rings is 1. The van der Waals surface area contributed by atoms with Gasteiger partial charge in [-0.2, -0.15) is 0 Å². The van der Waals surface area contributed by atoms with Gasteiger partial charge in [-0.3, -0.25) is 4.98 Å². The van der Waals surface area contributed by atoms with Crippen molar-refractivity contribution in [2.45, 2.75) is 31.2 Å². The molecule has 2 N–H and O–H groups in total. The second-order valence-corrected chi connectivity index (χ2v) is 6.79. The molecule has 0 radical (unpaired) electrons. The molecule has 2 rings (SSSR count). The number of hydrogen-bond acceptors (Lipinski definition) is 4. The topological polar surface area (TPSA) is 96.4 Å². The Bertz CT molecular complexity index is 804. The maximum atomic E-state index is 12.6. The first-order valence-corrected chi connectivity index (χ1v) is 8.62. The highest BCUT2D eigenvalue weighted by Crippen LogP contribution is 2.21. The van der Waals surface area contributed by atoms with Crippen molar-refractivity contribution >= 4 is 16.0 Å². The highest BCUT2D eigenvalue weighted by atomic mass is 32.2. The molecule has 0 aliphatic rings. The van der Waals surface area contributed by atoms with Gasteiger partial charge in [0.2, 0.25) is 10.0 Å². The smallest absolute Gasteiger partial charge is 0.335 e. The molecule has 0 aliphatic heterocycles. The van der Waals surface area contributed by atoms with Crippen LogP contribution in [0, 0.1) is 0 Å². The van der Waals surface area contributed by atoms with Gasteiger partial charge in [-0.05, 0) is 42.7 Å². The number of carboxylic acids is 1. The van der Waals surface area contributed by atoms with E-state index < -0.39 is 22.0 Å². The number of nitrogens with one attached hydrogen (secondary N) is 1. The molecule has 0 unspecified atom stereocenters. The van der Waals surface area contributed by atoms with Crippen LogP contribution in [0.5, 0.6) is 0 Å². The number of aryl methyl sites for hydroxylation is 1. The summed E-state index contributed by atoms with van der Waals surface area (Å²) in [6, 6.07) is 7.15. The third kappa shape index (κ3) is 3.94. The van der Waals surface area contributed by atoms with E-state index in [1.54, 1.807) is 31.5 Å². The SMILES string of the molecule is CCc1ccc(C(=O)O)cc1S(=O)(=O)N[C@@H](C)c1cccnc1. The molecule has 0 fully saturated rings. The summed E-state index contributed by atoms with van der Waals surface area (Å²) in [7, 11) is -3.85. The third-order valence-corrected chi connectivity index (χ3v) is 5.12. The number of benzene rings is 1. The van der Waals surface area contributed by atoms with Crippen LogP contribution >= 0.6 is 0 Å². The van der Waals surface area contributed by atoms with Crippen molar-refractivity contribution in [3.05, 3.63) is 59.4 Å². The third-order valence-electron chi connectivity index (χ3n) is 3.50. The average molecular weight is 334 g/mol. The molecule has 0 amide bonds. The molecule has 0 spiro atoms. The van der Waals surface area contributed by atoms with E-state index in [1.165, 1.54) is 18.2 Å². The van der Waals surface area contributed by atoms with Crippen molar-refractivity contribution in [3.8, 4) is 0 Å². The monoisotopic (exact) mass is 334 g/mol. The van der Waals surface area contributed by atoms with E-state index in [2.05, 4.69) is 9.71 Å². The fourth-order valence-corrected chi connectivity index (χ4v) is 3.79. The molecular weight excluding hydrogens is 316 g/mol. The summed E-state index contributed by atoms with van der Waals surface area (Å²) in [4.78, 5) is 15.1. The number of sulfonamides is 1. The average Bonchev–Trinajstić information content (AvgIpc) is 2.54. The summed E-state index contributed by atoms with van der Waals surface area (Å²) < 4.78 is 27.9. The molecule has 1 heterocycles. The number of rotatable bonds is 6. The van der Waals surface area contributed by atoms with Crippen molar-refractivity contribution in [2.24, 2.45) is 0 Å². The zero-order chi connectivity index (χ0) is 17.0. The van der Waals surface area contributed by atoms with Gasteiger partial charge in [0.05, 0.1) is 10.5 Å². The molecule has 7 heteroatoms. The van der Waals surface area contributed by atoms with Crippen LogP contribution in [0.2, 0.25) is 0 Å². The number of aromatic nitrogens is 1. The van der Waals surface area contributed by atoms with Crippen LogP contribution in [0.25, 0.3) is 0 Å². The molecule has 0 bridgehead atoms. The Kier molecular flexibility index (Phi) is 5.12. The molecule has 1 atom stereocenters. The molecule has 0 saturated heterocycles. The summed E-state index contributed by atoms with van der Waals surface area (Å²) in [5, 5.41) is 9.07. The molecular formula is C16H18N2O4S. The van der Waals surface area contributed by atoms with E-state index in [-0.39, 0.29) is 10.5 Å². The highest BCUT2D eigenvalue weighted by molar-refractivity contribution is 7.89. The number of nitrogens with zero attached hydrogens (tertiary/aromatic N) is 1. The van der Waals surface area contributed by atoms with E-state index >= 15 is 0 Å². The minimum Gasteiger partial charge on any atom is -0.478 e. The van der Waals surface area contributed by atoms with E-state index in [9.17, 15) is 13.2 Å². The Balaban J connectivity index is 2.39. The zero-order valence-corrected chi connectivity index (χ0v) is 13.7. The molecule has 1 aromatic carbocycles. The molecule has 0 saturated carbocycles. The number of aromatic carboxylic acids is 1. The van der Waals surface area contributed by atoms with Gasteiger partial charge in [-0.25, -0.2) is 17.9 Å². The van der Waals surface area contributed by atoms with E-state index in [0.717, 1.165) is 5.56 Å². The van der Waals surface area contributed by atoms with Gasteiger partial charge in [0.1, 0.15) is 0 Å². The Morgan fingerprint density at radius 2 is 2.09 bits per heavy atom. The van der Waals surface area contributed by atoms with Crippen LogP contribution < -0.4 is 4.72 Å². The van der Waals surface area contributed by atoms with E-state index in [4.69, 9.17) is 5.11 Å². The molecule has 1 aromatic heterocycles. The maximum Gasteiger partial charge on any atom is 0.335 e. The molecule has 6 nitrogen and oxygen atoms in total. The molecule has 2 aromatic rings. The van der Waals surface area contributed by atoms with Gasteiger partial charge in [0.15, 0.2) is 0 Å². The fourth-order valence-electron chi connectivity index (χ4n) is 2.23. The molecule has 23 heavy (non-hydrogen) atoms. The predicted molar refractivity (Wildman–Crippen MR) is 85.8 cm³/mol. The Morgan fingerprint density at radius 1 is 1.35 bits per heavy atom. The van der Waals surface area contributed by atoms with Crippen molar-refractivity contribution in [2.75, 3.05) is 0 Å². The van der Waals surface area contributed by atoms with Crippen LogP contribution in [0.1, 0.15) is 41.4 Å². The van der Waals surface area contributed by atoms with Crippen LogP contribution in [-0.2, 0) is 16.4 Å². The van der Waals surface area contributed by atoms with Crippen molar-refractivity contribution in [1.82, 2.24) is 9.71 Å². The maximum absolute atomic E-state index is 12.6. The van der Waals surface area contributed by atoms with Gasteiger partial charge in [0.25, 0.3) is 0 Å². The van der Waals surface area contributed by atoms with Gasteiger partial charge in [-0.1, -0.05) is 19.1 Å². The van der Waals surface area contributed by atoms with Crippen LogP contribution in [0.3, 0.4) is 0 Å². The lowest BCUT2D eigenvalue weighted by molar-refractivity contribution is 0.0696. The van der Waals surface area contributed by atoms with E-state index in [1.807, 2.05) is 6.92 Å². The Labute approximate surface area is 135 Å². The minimum atomic E-state index is -3.85. The Morgan fingerprint density at radius 3 is 2.65 bits per heavy atom. The fraction of sp³-hybridized carbons (Fsp3) is 0.250. The van der Waals surface area contributed by atoms with Gasteiger partial charge >= 0.3 is 5.97 Å². The van der Waals surface area contributed by atoms with Crippen molar-refractivity contribution in [1.29, 1.82) is 0 Å². The van der Waals surface area contributed by atoms with Gasteiger partial charge in [-0.15, -0.1) is 0 Å². The van der Waals surface area contributed by atoms with Crippen molar-refractivity contribution in [3.63, 3.8) is 0 Å². The second-order valence-electron chi connectivity index (χ2n) is 5.11. The number of hydrogen-bond donors (Lipinski definition) is 2. The lowest BCUT2D eigenvalue weighted by atomic mass is 10.1. The first-order valence-electron chi connectivity index (χ1n) is 7.13. The summed E-state index contributed by atoms with van der Waals surface area (Å²) in [6.45, 7) is 3.53. The minimum absolute atomic E-state index is 0.00404. The van der Waals surface area contributed by atoms with Crippen molar-refractivity contribution < 1.29 is 18.3 Å². The van der Waals surface area contributed by atoms with Crippen LogP contribution in [-0.4, -0.2) is 24.5 Å². The quantitative estimate of drug-likeness (QED) is 0.845. The first kappa shape index (κ1) is 17.1. The zero-order valence-electron chi connectivity index (χ0n) is 12.9. The molecule has 122 valence electrons. The normalized spacial score (nSPS) is 12.8. The largest absolute Gasteiger partial charge is 0.478 e. The summed E-state index contributed by atoms with van der Waals surface area (Å²) in [5.74, 6) is -1.16. The Hall–Kier alpha value is -2.25. The summed E-state index contributed by atoms with van der Waals surface area (Å²) in [6.07, 6.45) is 3.68. The predicted octanol–water partition coefficient (Wildman–Crippen LogP) is 2.38. The van der Waals surface area contributed by atoms with Gasteiger partial charge < -0.3 is 5.11 Å². The van der Waals surface area contributed by atoms with Crippen LogP contribution in [0.15, 0.2) is 47.6 Å². The van der Waals surface area contributed by atoms with E-state index in [0.29, 0.717) is 12.0 Å². The van der Waals surface area contributed by atoms with Crippen LogP contribution in [0.4, 0.5) is 0 Å². The number of carboxylic acid groups (broad SMARTS) is 1.